The van der Waals surface area contributed by atoms with Crippen LogP contribution in [0.5, 0.6) is 0 Å². The van der Waals surface area contributed by atoms with Gasteiger partial charge in [-0.25, -0.2) is 8.78 Å². The minimum absolute atomic E-state index is 0.0701. The molecule has 4 nitrogen and oxygen atoms in total. The summed E-state index contributed by atoms with van der Waals surface area (Å²) in [6, 6.07) is 3.33. The monoisotopic (exact) mass is 290 g/mol. The zero-order valence-corrected chi connectivity index (χ0v) is 11.4. The summed E-state index contributed by atoms with van der Waals surface area (Å²) in [5.74, 6) is -2.88. The lowest BCUT2D eigenvalue weighted by atomic mass is 10.0. The fraction of sp³-hybridized carbons (Fsp3) is 0.571. The molecule has 0 radical (unpaired) electrons. The van der Waals surface area contributed by atoms with E-state index in [2.05, 4.69) is 0 Å². The minimum atomic E-state index is -1.62. The summed E-state index contributed by atoms with van der Waals surface area (Å²) in [6.45, 7) is 0.845. The molecule has 0 aliphatic rings. The molecule has 1 aromatic rings. The molecule has 0 bridgehead atoms. The molecule has 6 heteroatoms. The largest absolute Gasteiger partial charge is 0.393 e. The first-order valence-corrected chi connectivity index (χ1v) is 6.43. The predicted octanol–water partition coefficient (Wildman–Crippen LogP) is 1.37. The van der Waals surface area contributed by atoms with Crippen molar-refractivity contribution in [3.63, 3.8) is 0 Å². The smallest absolute Gasteiger partial charge is 0.186 e. The lowest BCUT2D eigenvalue weighted by Gasteiger charge is -2.21. The van der Waals surface area contributed by atoms with Crippen molar-refractivity contribution in [2.45, 2.75) is 38.1 Å². The summed E-state index contributed by atoms with van der Waals surface area (Å²) in [4.78, 5) is 0. The Hall–Kier alpha value is -1.08. The standard InChI is InChI=1S/C14H20F2O4/c1-14(19,9-17)20-7-6-12(18)5-3-10-2-4-11(15)8-13(10)16/h2,4,8,12,17-19H,3,5-7,9H2,1H3/t12-,14?/m1/s1. The molecule has 0 amide bonds. The van der Waals surface area contributed by atoms with Gasteiger partial charge in [0.05, 0.1) is 19.3 Å². The number of rotatable bonds is 8. The summed E-state index contributed by atoms with van der Waals surface area (Å²) in [7, 11) is 0. The first kappa shape index (κ1) is 17.0. The Morgan fingerprint density at radius 2 is 2.00 bits per heavy atom. The van der Waals surface area contributed by atoms with E-state index < -0.39 is 30.1 Å². The highest BCUT2D eigenvalue weighted by molar-refractivity contribution is 5.18. The van der Waals surface area contributed by atoms with E-state index in [1.54, 1.807) is 0 Å². The normalized spacial score (nSPS) is 15.9. The van der Waals surface area contributed by atoms with Gasteiger partial charge in [0.25, 0.3) is 0 Å². The maximum atomic E-state index is 13.3. The molecule has 0 saturated heterocycles. The van der Waals surface area contributed by atoms with E-state index in [4.69, 9.17) is 9.84 Å². The van der Waals surface area contributed by atoms with E-state index in [9.17, 15) is 19.0 Å². The number of aliphatic hydroxyl groups is 3. The molecule has 0 spiro atoms. The van der Waals surface area contributed by atoms with Gasteiger partial charge in [-0.2, -0.15) is 0 Å². The average molecular weight is 290 g/mol. The van der Waals surface area contributed by atoms with Gasteiger partial charge in [-0.1, -0.05) is 6.07 Å². The molecule has 0 heterocycles. The van der Waals surface area contributed by atoms with Crippen LogP contribution in [0, 0.1) is 11.6 Å². The molecule has 0 fully saturated rings. The van der Waals surface area contributed by atoms with Gasteiger partial charge in [-0.3, -0.25) is 0 Å². The van der Waals surface area contributed by atoms with Crippen LogP contribution in [-0.4, -0.2) is 40.4 Å². The second kappa shape index (κ2) is 7.64. The lowest BCUT2D eigenvalue weighted by Crippen LogP contribution is -2.33. The number of aryl methyl sites for hydroxylation is 1. The molecule has 1 unspecified atom stereocenters. The van der Waals surface area contributed by atoms with Crippen LogP contribution in [0.4, 0.5) is 8.78 Å². The van der Waals surface area contributed by atoms with Crippen molar-refractivity contribution in [1.29, 1.82) is 0 Å². The maximum Gasteiger partial charge on any atom is 0.186 e. The van der Waals surface area contributed by atoms with Crippen LogP contribution >= 0.6 is 0 Å². The maximum absolute atomic E-state index is 13.3. The minimum Gasteiger partial charge on any atom is -0.393 e. The van der Waals surface area contributed by atoms with Crippen LogP contribution < -0.4 is 0 Å². The van der Waals surface area contributed by atoms with E-state index in [1.165, 1.54) is 19.1 Å². The van der Waals surface area contributed by atoms with Crippen molar-refractivity contribution in [3.8, 4) is 0 Å². The van der Waals surface area contributed by atoms with Gasteiger partial charge in [0.1, 0.15) is 11.6 Å². The molecule has 1 rings (SSSR count). The second-order valence-corrected chi connectivity index (χ2v) is 4.90. The van der Waals surface area contributed by atoms with Crippen molar-refractivity contribution in [2.24, 2.45) is 0 Å². The third-order valence-electron chi connectivity index (χ3n) is 2.92. The Balaban J connectivity index is 2.31. The van der Waals surface area contributed by atoms with Crippen molar-refractivity contribution < 1.29 is 28.8 Å². The van der Waals surface area contributed by atoms with Gasteiger partial charge >= 0.3 is 0 Å². The third-order valence-corrected chi connectivity index (χ3v) is 2.92. The molecule has 114 valence electrons. The van der Waals surface area contributed by atoms with Crippen molar-refractivity contribution in [3.05, 3.63) is 35.4 Å². The number of aliphatic hydroxyl groups excluding tert-OH is 2. The SMILES string of the molecule is CC(O)(CO)OCC[C@H](O)CCc1ccc(F)cc1F. The first-order valence-electron chi connectivity index (χ1n) is 6.43. The fourth-order valence-electron chi connectivity index (χ4n) is 1.65. The average Bonchev–Trinajstić information content (AvgIpc) is 2.37. The molecule has 3 N–H and O–H groups in total. The van der Waals surface area contributed by atoms with E-state index in [-0.39, 0.29) is 19.4 Å². The van der Waals surface area contributed by atoms with Crippen LogP contribution in [0.15, 0.2) is 18.2 Å². The first-order chi connectivity index (χ1) is 9.34. The van der Waals surface area contributed by atoms with E-state index in [0.29, 0.717) is 12.0 Å². The molecule has 0 saturated carbocycles. The quantitative estimate of drug-likeness (QED) is 0.632. The van der Waals surface area contributed by atoms with Gasteiger partial charge in [0.2, 0.25) is 0 Å². The second-order valence-electron chi connectivity index (χ2n) is 4.90. The van der Waals surface area contributed by atoms with Crippen LogP contribution in [0.25, 0.3) is 0 Å². The highest BCUT2D eigenvalue weighted by atomic mass is 19.1. The molecular weight excluding hydrogens is 270 g/mol. The van der Waals surface area contributed by atoms with E-state index in [1.807, 2.05) is 0 Å². The summed E-state index contributed by atoms with van der Waals surface area (Å²) in [6.07, 6.45) is 0.101. The number of halogens is 2. The lowest BCUT2D eigenvalue weighted by molar-refractivity contribution is -0.213. The zero-order valence-electron chi connectivity index (χ0n) is 11.4. The number of ether oxygens (including phenoxy) is 1. The molecule has 2 atom stereocenters. The Morgan fingerprint density at radius 1 is 1.30 bits per heavy atom. The van der Waals surface area contributed by atoms with Crippen LogP contribution in [0.1, 0.15) is 25.3 Å². The third kappa shape index (κ3) is 5.92. The van der Waals surface area contributed by atoms with Gasteiger partial charge < -0.3 is 20.1 Å². The van der Waals surface area contributed by atoms with Crippen LogP contribution in [-0.2, 0) is 11.2 Å². The Labute approximate surface area is 116 Å². The summed E-state index contributed by atoms with van der Waals surface area (Å²) >= 11 is 0. The van der Waals surface area contributed by atoms with Gasteiger partial charge in [-0.15, -0.1) is 0 Å². The number of hydrogen-bond acceptors (Lipinski definition) is 4. The predicted molar refractivity (Wildman–Crippen MR) is 69.0 cm³/mol. The highest BCUT2D eigenvalue weighted by Crippen LogP contribution is 2.14. The fourth-order valence-corrected chi connectivity index (χ4v) is 1.65. The summed E-state index contributed by atoms with van der Waals surface area (Å²) < 4.78 is 31.0. The van der Waals surface area contributed by atoms with Crippen LogP contribution in [0.3, 0.4) is 0 Å². The Kier molecular flexibility index (Phi) is 6.48. The highest BCUT2D eigenvalue weighted by Gasteiger charge is 2.19. The Morgan fingerprint density at radius 3 is 2.60 bits per heavy atom. The van der Waals surface area contributed by atoms with Crippen molar-refractivity contribution in [1.82, 2.24) is 0 Å². The van der Waals surface area contributed by atoms with Crippen LogP contribution in [0.2, 0.25) is 0 Å². The molecule has 1 aromatic carbocycles. The summed E-state index contributed by atoms with van der Waals surface area (Å²) in [5.41, 5.74) is 0.341. The number of hydrogen-bond donors (Lipinski definition) is 3. The van der Waals surface area contributed by atoms with Crippen molar-refractivity contribution in [2.75, 3.05) is 13.2 Å². The molecule has 20 heavy (non-hydrogen) atoms. The Bertz CT molecular complexity index is 424. The number of benzene rings is 1. The van der Waals surface area contributed by atoms with Gasteiger partial charge in [0.15, 0.2) is 5.79 Å². The van der Waals surface area contributed by atoms with Gasteiger partial charge in [-0.05, 0) is 37.8 Å². The molecule has 0 aliphatic carbocycles. The zero-order chi connectivity index (χ0) is 15.2. The molecular formula is C14H20F2O4. The molecule has 0 aromatic heterocycles. The van der Waals surface area contributed by atoms with Gasteiger partial charge in [0, 0.05) is 6.07 Å². The van der Waals surface area contributed by atoms with E-state index in [0.717, 1.165) is 6.07 Å². The topological polar surface area (TPSA) is 69.9 Å². The molecule has 0 aliphatic heterocycles. The van der Waals surface area contributed by atoms with Crippen molar-refractivity contribution >= 4 is 0 Å². The van der Waals surface area contributed by atoms with E-state index >= 15 is 0 Å². The summed E-state index contributed by atoms with van der Waals surface area (Å²) in [5, 5.41) is 27.8.